The van der Waals surface area contributed by atoms with Crippen molar-refractivity contribution in [2.45, 2.75) is 0 Å². The molecular formula is C17H16N4O. The molecule has 0 aliphatic carbocycles. The van der Waals surface area contributed by atoms with Gasteiger partial charge in [0.15, 0.2) is 0 Å². The van der Waals surface area contributed by atoms with Crippen LogP contribution < -0.4 is 10.5 Å². The van der Waals surface area contributed by atoms with Crippen molar-refractivity contribution in [3.8, 4) is 28.4 Å². The van der Waals surface area contributed by atoms with E-state index in [1.807, 2.05) is 42.5 Å². The number of rotatable bonds is 5. The Labute approximate surface area is 128 Å². The van der Waals surface area contributed by atoms with Crippen LogP contribution in [0.25, 0.3) is 22.6 Å². The Morgan fingerprint density at radius 2 is 1.59 bits per heavy atom. The van der Waals surface area contributed by atoms with Crippen LogP contribution >= 0.6 is 0 Å². The lowest BCUT2D eigenvalue weighted by Crippen LogP contribution is -2.11. The average Bonchev–Trinajstić information content (AvgIpc) is 2.61. The average molecular weight is 292 g/mol. The number of nitrogens with zero attached hydrogens (tertiary/aromatic N) is 3. The molecule has 3 heterocycles. The van der Waals surface area contributed by atoms with Gasteiger partial charge in [0.1, 0.15) is 18.1 Å². The van der Waals surface area contributed by atoms with Crippen molar-refractivity contribution in [3.63, 3.8) is 0 Å². The van der Waals surface area contributed by atoms with Crippen molar-refractivity contribution in [1.29, 1.82) is 0 Å². The van der Waals surface area contributed by atoms with Gasteiger partial charge in [-0.25, -0.2) is 0 Å². The molecule has 0 saturated carbocycles. The summed E-state index contributed by atoms with van der Waals surface area (Å²) in [6.07, 6.45) is 5.23. The van der Waals surface area contributed by atoms with Gasteiger partial charge in [-0.1, -0.05) is 6.07 Å². The van der Waals surface area contributed by atoms with Crippen molar-refractivity contribution < 1.29 is 4.74 Å². The molecule has 3 rings (SSSR count). The summed E-state index contributed by atoms with van der Waals surface area (Å²) >= 11 is 0. The van der Waals surface area contributed by atoms with E-state index >= 15 is 0 Å². The molecule has 0 aromatic carbocycles. The number of hydrogen-bond acceptors (Lipinski definition) is 5. The fourth-order valence-corrected chi connectivity index (χ4v) is 2.18. The first-order chi connectivity index (χ1) is 10.9. The van der Waals surface area contributed by atoms with Gasteiger partial charge in [-0.2, -0.15) is 0 Å². The third kappa shape index (κ3) is 2.94. The van der Waals surface area contributed by atoms with E-state index in [2.05, 4.69) is 15.0 Å². The number of pyridine rings is 3. The van der Waals surface area contributed by atoms with Crippen LogP contribution in [0.15, 0.2) is 61.1 Å². The van der Waals surface area contributed by atoms with Crippen LogP contribution in [-0.4, -0.2) is 28.1 Å². The zero-order chi connectivity index (χ0) is 15.2. The lowest BCUT2D eigenvalue weighted by Gasteiger charge is -2.12. The lowest BCUT2D eigenvalue weighted by atomic mass is 10.1. The van der Waals surface area contributed by atoms with E-state index in [0.717, 1.165) is 22.6 Å². The summed E-state index contributed by atoms with van der Waals surface area (Å²) in [4.78, 5) is 13.3. The third-order valence-corrected chi connectivity index (χ3v) is 3.12. The molecule has 0 amide bonds. The van der Waals surface area contributed by atoms with Gasteiger partial charge >= 0.3 is 0 Å². The predicted molar refractivity (Wildman–Crippen MR) is 85.2 cm³/mol. The first kappa shape index (κ1) is 14.2. The summed E-state index contributed by atoms with van der Waals surface area (Å²) in [7, 11) is 0. The van der Waals surface area contributed by atoms with Crippen molar-refractivity contribution in [2.24, 2.45) is 5.73 Å². The van der Waals surface area contributed by atoms with E-state index in [0.29, 0.717) is 18.9 Å². The minimum absolute atomic E-state index is 0.442. The minimum atomic E-state index is 0.442. The summed E-state index contributed by atoms with van der Waals surface area (Å²) in [6, 6.07) is 13.3. The normalized spacial score (nSPS) is 10.4. The van der Waals surface area contributed by atoms with Gasteiger partial charge in [0.05, 0.1) is 11.4 Å². The topological polar surface area (TPSA) is 73.9 Å². The molecule has 3 aromatic heterocycles. The monoisotopic (exact) mass is 292 g/mol. The maximum absolute atomic E-state index is 5.70. The molecule has 0 fully saturated rings. The molecule has 0 saturated heterocycles. The molecular weight excluding hydrogens is 276 g/mol. The zero-order valence-corrected chi connectivity index (χ0v) is 12.0. The maximum atomic E-state index is 5.70. The lowest BCUT2D eigenvalue weighted by molar-refractivity contribution is 0.328. The molecule has 0 bridgehead atoms. The van der Waals surface area contributed by atoms with E-state index in [1.54, 1.807) is 18.6 Å². The van der Waals surface area contributed by atoms with Crippen LogP contribution in [0.2, 0.25) is 0 Å². The van der Waals surface area contributed by atoms with E-state index in [4.69, 9.17) is 10.5 Å². The highest BCUT2D eigenvalue weighted by molar-refractivity contribution is 5.79. The van der Waals surface area contributed by atoms with Crippen molar-refractivity contribution in [2.75, 3.05) is 13.2 Å². The van der Waals surface area contributed by atoms with Crippen LogP contribution in [0.4, 0.5) is 0 Å². The Bertz CT molecular complexity index is 746. The Balaban J connectivity index is 2.10. The molecule has 110 valence electrons. The minimum Gasteiger partial charge on any atom is -0.490 e. The molecule has 5 heteroatoms. The van der Waals surface area contributed by atoms with Gasteiger partial charge < -0.3 is 10.5 Å². The summed E-state index contributed by atoms with van der Waals surface area (Å²) in [5.74, 6) is 0.693. The molecule has 0 aliphatic rings. The highest BCUT2D eigenvalue weighted by Crippen LogP contribution is 2.33. The molecule has 0 atom stereocenters. The maximum Gasteiger partial charge on any atom is 0.145 e. The van der Waals surface area contributed by atoms with Crippen LogP contribution in [0, 0.1) is 0 Å². The van der Waals surface area contributed by atoms with Gasteiger partial charge in [0, 0.05) is 30.7 Å². The fourth-order valence-electron chi connectivity index (χ4n) is 2.18. The Kier molecular flexibility index (Phi) is 4.36. The van der Waals surface area contributed by atoms with Crippen LogP contribution in [0.1, 0.15) is 0 Å². The SMILES string of the molecule is NCCOc1cccnc1-c1cccnc1-c1ccccn1. The largest absolute Gasteiger partial charge is 0.490 e. The van der Waals surface area contributed by atoms with Gasteiger partial charge in [0.25, 0.3) is 0 Å². The van der Waals surface area contributed by atoms with Crippen LogP contribution in [0.3, 0.4) is 0 Å². The van der Waals surface area contributed by atoms with Gasteiger partial charge in [-0.15, -0.1) is 0 Å². The third-order valence-electron chi connectivity index (χ3n) is 3.12. The zero-order valence-electron chi connectivity index (χ0n) is 12.0. The van der Waals surface area contributed by atoms with Crippen molar-refractivity contribution >= 4 is 0 Å². The Hall–Kier alpha value is -2.79. The molecule has 0 radical (unpaired) electrons. The second kappa shape index (κ2) is 6.78. The second-order valence-electron chi connectivity index (χ2n) is 4.60. The molecule has 3 aromatic rings. The summed E-state index contributed by atoms with van der Waals surface area (Å²) in [5, 5.41) is 0. The quantitative estimate of drug-likeness (QED) is 0.782. The number of ether oxygens (including phenoxy) is 1. The van der Waals surface area contributed by atoms with Crippen molar-refractivity contribution in [1.82, 2.24) is 15.0 Å². The molecule has 2 N–H and O–H groups in total. The second-order valence-corrected chi connectivity index (χ2v) is 4.60. The molecule has 5 nitrogen and oxygen atoms in total. The van der Waals surface area contributed by atoms with E-state index < -0.39 is 0 Å². The molecule has 0 unspecified atom stereocenters. The van der Waals surface area contributed by atoms with Crippen molar-refractivity contribution in [3.05, 3.63) is 61.1 Å². The first-order valence-electron chi connectivity index (χ1n) is 7.05. The highest BCUT2D eigenvalue weighted by Gasteiger charge is 2.14. The van der Waals surface area contributed by atoms with Crippen LogP contribution in [-0.2, 0) is 0 Å². The van der Waals surface area contributed by atoms with E-state index in [-0.39, 0.29) is 0 Å². The van der Waals surface area contributed by atoms with Crippen LogP contribution in [0.5, 0.6) is 5.75 Å². The molecule has 22 heavy (non-hydrogen) atoms. The van der Waals surface area contributed by atoms with Gasteiger partial charge in [0.2, 0.25) is 0 Å². The van der Waals surface area contributed by atoms with Gasteiger partial charge in [-0.05, 0) is 36.4 Å². The smallest absolute Gasteiger partial charge is 0.145 e. The highest BCUT2D eigenvalue weighted by atomic mass is 16.5. The van der Waals surface area contributed by atoms with E-state index in [9.17, 15) is 0 Å². The Morgan fingerprint density at radius 1 is 0.818 bits per heavy atom. The number of aromatic nitrogens is 3. The molecule has 0 aliphatic heterocycles. The summed E-state index contributed by atoms with van der Waals surface area (Å²) in [5.41, 5.74) is 8.72. The summed E-state index contributed by atoms with van der Waals surface area (Å²) < 4.78 is 5.70. The fraction of sp³-hybridized carbons (Fsp3) is 0.118. The number of hydrogen-bond donors (Lipinski definition) is 1. The predicted octanol–water partition coefficient (Wildman–Crippen LogP) is 2.54. The van der Waals surface area contributed by atoms with E-state index in [1.165, 1.54) is 0 Å². The summed E-state index contributed by atoms with van der Waals surface area (Å²) in [6.45, 7) is 0.895. The first-order valence-corrected chi connectivity index (χ1v) is 7.05. The van der Waals surface area contributed by atoms with Gasteiger partial charge in [-0.3, -0.25) is 15.0 Å². The standard InChI is InChI=1S/C17H16N4O/c18-8-12-22-15-7-4-11-21-17(15)13-5-3-10-20-16(13)14-6-1-2-9-19-14/h1-7,9-11H,8,12,18H2. The number of nitrogens with two attached hydrogens (primary N) is 1. The Morgan fingerprint density at radius 3 is 2.36 bits per heavy atom. The molecule has 0 spiro atoms.